The van der Waals surface area contributed by atoms with Gasteiger partial charge < -0.3 is 4.90 Å². The Hall–Kier alpha value is -0.0400. The van der Waals surface area contributed by atoms with Crippen LogP contribution in [0, 0.1) is 5.92 Å². The molecule has 2 rings (SSSR count). The topological polar surface area (TPSA) is 3.01 Å². The van der Waals surface area contributed by atoms with Crippen molar-refractivity contribution < 1.29 is 0 Å². The average Bonchev–Trinajstić information content (AvgIpc) is 2.86. The van der Waals surface area contributed by atoms with Crippen LogP contribution in [0.4, 0.5) is 0 Å². The highest BCUT2D eigenvalue weighted by Gasteiger charge is 2.19. The minimum Gasteiger partial charge on any atom is -0.301 e. The van der Waals surface area contributed by atoms with Gasteiger partial charge in [-0.15, -0.1) is 0 Å². The molecule has 1 heterocycles. The lowest BCUT2D eigenvalue weighted by atomic mass is 9.87. The smallest absolute Gasteiger partial charge is 0.0110 e. The van der Waals surface area contributed by atoms with Crippen LogP contribution in [-0.4, -0.2) is 24.5 Å². The molecule has 0 aromatic rings. The van der Waals surface area contributed by atoms with E-state index in [9.17, 15) is 0 Å². The third-order valence-electron chi connectivity index (χ3n) is 3.12. The fourth-order valence-electron chi connectivity index (χ4n) is 2.14. The van der Waals surface area contributed by atoms with Gasteiger partial charge in [-0.3, -0.25) is 0 Å². The highest BCUT2D eigenvalue weighted by molar-refractivity contribution is 4.74. The van der Waals surface area contributed by atoms with E-state index in [4.69, 9.17) is 0 Å². The molecule has 1 heteroatoms. The van der Waals surface area contributed by atoms with Gasteiger partial charge in [-0.05, 0) is 18.9 Å². The van der Waals surface area contributed by atoms with Crippen molar-refractivity contribution in [1.29, 1.82) is 0 Å². The van der Waals surface area contributed by atoms with Crippen molar-refractivity contribution in [2.45, 2.75) is 38.5 Å². The minimum absolute atomic E-state index is 1.09. The van der Waals surface area contributed by atoms with E-state index in [1.165, 1.54) is 58.2 Å². The van der Waals surface area contributed by atoms with Crippen LogP contribution in [-0.2, 0) is 0 Å². The number of rotatable bonds is 3. The van der Waals surface area contributed by atoms with Crippen LogP contribution in [0.25, 0.3) is 0 Å². The highest BCUT2D eigenvalue weighted by atomic mass is 15.2. The molecule has 0 radical (unpaired) electrons. The summed E-state index contributed by atoms with van der Waals surface area (Å²) in [5, 5.41) is 0. The van der Waals surface area contributed by atoms with E-state index in [0.29, 0.717) is 0 Å². The van der Waals surface area contributed by atoms with Crippen molar-refractivity contribution >= 4 is 0 Å². The van der Waals surface area contributed by atoms with Crippen LogP contribution in [0.1, 0.15) is 38.5 Å². The van der Waals surface area contributed by atoms with Crippen molar-refractivity contribution in [2.24, 2.45) is 5.92 Å². The lowest BCUT2D eigenvalue weighted by Crippen LogP contribution is -2.11. The Morgan fingerprint density at radius 3 is 2.36 bits per heavy atom. The highest BCUT2D eigenvalue weighted by Crippen LogP contribution is 2.26. The molecule has 1 saturated carbocycles. The molecule has 0 aromatic carbocycles. The quantitative estimate of drug-likeness (QED) is 0.562. The van der Waals surface area contributed by atoms with Gasteiger partial charge in [0.05, 0.1) is 0 Å². The second-order valence-electron chi connectivity index (χ2n) is 4.13. The zero-order chi connectivity index (χ0) is 7.52. The van der Waals surface area contributed by atoms with Gasteiger partial charge in [-0.2, -0.15) is 0 Å². The van der Waals surface area contributed by atoms with Crippen molar-refractivity contribution in [3.05, 3.63) is 0 Å². The van der Waals surface area contributed by atoms with E-state index in [1.54, 1.807) is 0 Å². The van der Waals surface area contributed by atoms with Gasteiger partial charge in [0.25, 0.3) is 0 Å². The second-order valence-corrected chi connectivity index (χ2v) is 4.13. The fourth-order valence-corrected chi connectivity index (χ4v) is 2.14. The summed E-state index contributed by atoms with van der Waals surface area (Å²) in [6.45, 7) is 4.16. The maximum Gasteiger partial charge on any atom is 0.0110 e. The first-order chi connectivity index (χ1) is 5.45. The molecule has 1 aliphatic carbocycles. The summed E-state index contributed by atoms with van der Waals surface area (Å²) in [6.07, 6.45) is 9.04. The zero-order valence-electron chi connectivity index (χ0n) is 7.39. The summed E-state index contributed by atoms with van der Waals surface area (Å²) in [7, 11) is 0. The first-order valence-electron chi connectivity index (χ1n) is 5.17. The third-order valence-corrected chi connectivity index (χ3v) is 3.12. The first kappa shape index (κ1) is 7.60. The summed E-state index contributed by atoms with van der Waals surface area (Å²) < 4.78 is 0. The molecule has 0 unspecified atom stereocenters. The van der Waals surface area contributed by atoms with Gasteiger partial charge in [-0.25, -0.2) is 0 Å². The molecule has 0 aromatic heterocycles. The fraction of sp³-hybridized carbons (Fsp3) is 1.00. The number of hydrogen-bond donors (Lipinski definition) is 0. The Kier molecular flexibility index (Phi) is 2.47. The predicted molar refractivity (Wildman–Crippen MR) is 47.6 cm³/mol. The Morgan fingerprint density at radius 1 is 1.00 bits per heavy atom. The predicted octanol–water partition coefficient (Wildman–Crippen LogP) is 2.27. The van der Waals surface area contributed by atoms with Crippen LogP contribution in [0.2, 0.25) is 0 Å². The van der Waals surface area contributed by atoms with Gasteiger partial charge >= 0.3 is 0 Å². The van der Waals surface area contributed by atoms with Crippen LogP contribution in [0.3, 0.4) is 0 Å². The average molecular weight is 153 g/mol. The van der Waals surface area contributed by atoms with Crippen LogP contribution in [0.15, 0.2) is 0 Å². The summed E-state index contributed by atoms with van der Waals surface area (Å²) in [6, 6.07) is 0. The standard InChI is InChI=1S/C10H19N/c1-2-4-10(5-3-1)6-7-11-8-9-11/h10H,1-9H2. The SMILES string of the molecule is C1CCC(CCN2CC2)CC1. The van der Waals surface area contributed by atoms with Crippen molar-refractivity contribution in [3.8, 4) is 0 Å². The molecule has 1 saturated heterocycles. The molecule has 1 aliphatic heterocycles. The van der Waals surface area contributed by atoms with E-state index in [-0.39, 0.29) is 0 Å². The molecular formula is C10H19N. The van der Waals surface area contributed by atoms with Crippen LogP contribution in [0.5, 0.6) is 0 Å². The Labute approximate surface area is 69.8 Å². The minimum atomic E-state index is 1.09. The molecule has 0 atom stereocenters. The molecular weight excluding hydrogens is 134 g/mol. The lowest BCUT2D eigenvalue weighted by molar-refractivity contribution is 0.318. The van der Waals surface area contributed by atoms with Crippen molar-refractivity contribution in [2.75, 3.05) is 19.6 Å². The van der Waals surface area contributed by atoms with E-state index in [1.807, 2.05) is 0 Å². The van der Waals surface area contributed by atoms with Gasteiger partial charge in [0.2, 0.25) is 0 Å². The molecule has 0 spiro atoms. The van der Waals surface area contributed by atoms with Crippen LogP contribution >= 0.6 is 0 Å². The maximum absolute atomic E-state index is 2.55. The van der Waals surface area contributed by atoms with E-state index >= 15 is 0 Å². The molecule has 2 aliphatic rings. The Balaban J connectivity index is 1.59. The van der Waals surface area contributed by atoms with Crippen molar-refractivity contribution in [3.63, 3.8) is 0 Å². The van der Waals surface area contributed by atoms with Gasteiger partial charge in [-0.1, -0.05) is 32.1 Å². The van der Waals surface area contributed by atoms with Crippen LogP contribution < -0.4 is 0 Å². The Bertz CT molecular complexity index is 112. The normalized spacial score (nSPS) is 27.3. The van der Waals surface area contributed by atoms with Gasteiger partial charge in [0.15, 0.2) is 0 Å². The van der Waals surface area contributed by atoms with Gasteiger partial charge in [0, 0.05) is 13.1 Å². The molecule has 64 valence electrons. The van der Waals surface area contributed by atoms with E-state index < -0.39 is 0 Å². The largest absolute Gasteiger partial charge is 0.301 e. The zero-order valence-corrected chi connectivity index (χ0v) is 7.39. The second kappa shape index (κ2) is 3.57. The van der Waals surface area contributed by atoms with Crippen molar-refractivity contribution in [1.82, 2.24) is 4.90 Å². The summed E-state index contributed by atoms with van der Waals surface area (Å²) in [5.74, 6) is 1.09. The molecule has 0 N–H and O–H groups in total. The van der Waals surface area contributed by atoms with E-state index in [2.05, 4.69) is 4.90 Å². The summed E-state index contributed by atoms with van der Waals surface area (Å²) in [4.78, 5) is 2.55. The van der Waals surface area contributed by atoms with Gasteiger partial charge in [0.1, 0.15) is 0 Å². The molecule has 2 fully saturated rings. The lowest BCUT2D eigenvalue weighted by Gasteiger charge is -2.21. The number of hydrogen-bond acceptors (Lipinski definition) is 1. The molecule has 1 nitrogen and oxygen atoms in total. The summed E-state index contributed by atoms with van der Waals surface area (Å²) in [5.41, 5.74) is 0. The first-order valence-corrected chi connectivity index (χ1v) is 5.17. The Morgan fingerprint density at radius 2 is 1.73 bits per heavy atom. The molecule has 11 heavy (non-hydrogen) atoms. The maximum atomic E-state index is 2.55. The molecule has 0 amide bonds. The summed E-state index contributed by atoms with van der Waals surface area (Å²) >= 11 is 0. The monoisotopic (exact) mass is 153 g/mol. The third kappa shape index (κ3) is 2.48. The van der Waals surface area contributed by atoms with E-state index in [0.717, 1.165) is 5.92 Å². The molecule has 0 bridgehead atoms. The number of nitrogens with zero attached hydrogens (tertiary/aromatic N) is 1.